The van der Waals surface area contributed by atoms with Crippen molar-refractivity contribution in [2.75, 3.05) is 6.54 Å². The molecule has 0 bridgehead atoms. The van der Waals surface area contributed by atoms with Crippen LogP contribution in [0.15, 0.2) is 17.1 Å². The van der Waals surface area contributed by atoms with E-state index in [-0.39, 0.29) is 6.10 Å². The van der Waals surface area contributed by atoms with E-state index in [1.54, 1.807) is 0 Å². The van der Waals surface area contributed by atoms with E-state index in [0.29, 0.717) is 12.6 Å². The average Bonchev–Trinajstić information content (AvgIpc) is 2.49. The Labute approximate surface area is 90.0 Å². The summed E-state index contributed by atoms with van der Waals surface area (Å²) in [5.74, 6) is 0. The predicted octanol–water partition coefficient (Wildman–Crippen LogP) is 2.00. The summed E-state index contributed by atoms with van der Waals surface area (Å²) in [6.07, 6.45) is 0.00519. The minimum Gasteiger partial charge on any atom is -0.455 e. The van der Waals surface area contributed by atoms with Crippen molar-refractivity contribution in [1.29, 1.82) is 0 Å². The Bertz CT molecular complexity index is 401. The lowest BCUT2D eigenvalue weighted by Gasteiger charge is -2.16. The van der Waals surface area contributed by atoms with Gasteiger partial charge in [-0.25, -0.2) is 4.99 Å². The number of aryl methyl sites for hydroxylation is 3. The molecular formula is C12H16N2O. The number of nitrogens with two attached hydrogens (primary N) is 1. The molecule has 0 aromatic heterocycles. The molecule has 80 valence electrons. The van der Waals surface area contributed by atoms with Gasteiger partial charge in [0.25, 0.3) is 6.02 Å². The Morgan fingerprint density at radius 1 is 1.27 bits per heavy atom. The van der Waals surface area contributed by atoms with Gasteiger partial charge in [-0.1, -0.05) is 17.7 Å². The van der Waals surface area contributed by atoms with Gasteiger partial charge in [0.1, 0.15) is 6.10 Å². The second-order valence-electron chi connectivity index (χ2n) is 4.10. The SMILES string of the molecule is Cc1cc(C)c(C2CN=C(N)O2)c(C)c1. The first-order chi connectivity index (χ1) is 7.08. The fraction of sp³-hybridized carbons (Fsp3) is 0.417. The highest BCUT2D eigenvalue weighted by molar-refractivity contribution is 5.73. The molecule has 0 aliphatic carbocycles. The number of aliphatic imine (C=N–C) groups is 1. The maximum atomic E-state index is 5.52. The summed E-state index contributed by atoms with van der Waals surface area (Å²) < 4.78 is 5.48. The van der Waals surface area contributed by atoms with Crippen LogP contribution in [0.5, 0.6) is 0 Å². The zero-order valence-electron chi connectivity index (χ0n) is 9.37. The first kappa shape index (κ1) is 10.0. The molecule has 0 amide bonds. The normalized spacial score (nSPS) is 19.9. The fourth-order valence-electron chi connectivity index (χ4n) is 2.24. The Balaban J connectivity index is 2.37. The molecule has 1 heterocycles. The van der Waals surface area contributed by atoms with Gasteiger partial charge in [0.2, 0.25) is 0 Å². The van der Waals surface area contributed by atoms with Gasteiger partial charge >= 0.3 is 0 Å². The number of hydrogen-bond donors (Lipinski definition) is 1. The summed E-state index contributed by atoms with van der Waals surface area (Å²) in [5.41, 5.74) is 10.5. The van der Waals surface area contributed by atoms with Crippen molar-refractivity contribution in [3.8, 4) is 0 Å². The molecule has 1 aliphatic rings. The van der Waals surface area contributed by atoms with Crippen molar-refractivity contribution in [3.63, 3.8) is 0 Å². The number of rotatable bonds is 1. The molecule has 1 atom stereocenters. The molecule has 0 saturated carbocycles. The molecule has 1 aliphatic heterocycles. The van der Waals surface area contributed by atoms with Gasteiger partial charge in [-0.15, -0.1) is 0 Å². The third-order valence-electron chi connectivity index (χ3n) is 2.74. The molecule has 2 rings (SSSR count). The van der Waals surface area contributed by atoms with E-state index in [9.17, 15) is 0 Å². The highest BCUT2D eigenvalue weighted by atomic mass is 16.5. The van der Waals surface area contributed by atoms with Crippen molar-refractivity contribution in [3.05, 3.63) is 34.4 Å². The molecule has 3 heteroatoms. The van der Waals surface area contributed by atoms with E-state index in [1.165, 1.54) is 22.3 Å². The van der Waals surface area contributed by atoms with Crippen LogP contribution in [-0.4, -0.2) is 12.6 Å². The van der Waals surface area contributed by atoms with Crippen LogP contribution in [0.1, 0.15) is 28.4 Å². The van der Waals surface area contributed by atoms with Gasteiger partial charge in [0, 0.05) is 5.56 Å². The molecule has 0 fully saturated rings. The van der Waals surface area contributed by atoms with Crippen molar-refractivity contribution in [2.24, 2.45) is 10.7 Å². The van der Waals surface area contributed by atoms with Crippen molar-refractivity contribution < 1.29 is 4.74 Å². The molecule has 0 spiro atoms. The maximum absolute atomic E-state index is 5.52. The minimum atomic E-state index is 0.00519. The zero-order valence-corrected chi connectivity index (χ0v) is 9.37. The van der Waals surface area contributed by atoms with E-state index in [1.807, 2.05) is 0 Å². The zero-order chi connectivity index (χ0) is 11.0. The van der Waals surface area contributed by atoms with Gasteiger partial charge in [0.15, 0.2) is 0 Å². The van der Waals surface area contributed by atoms with E-state index >= 15 is 0 Å². The van der Waals surface area contributed by atoms with Crippen LogP contribution in [0.25, 0.3) is 0 Å². The topological polar surface area (TPSA) is 47.6 Å². The lowest BCUT2D eigenvalue weighted by atomic mass is 9.96. The highest BCUT2D eigenvalue weighted by Crippen LogP contribution is 2.28. The smallest absolute Gasteiger partial charge is 0.282 e. The predicted molar refractivity (Wildman–Crippen MR) is 61.0 cm³/mol. The van der Waals surface area contributed by atoms with Crippen LogP contribution >= 0.6 is 0 Å². The molecule has 0 saturated heterocycles. The van der Waals surface area contributed by atoms with Crippen molar-refractivity contribution in [1.82, 2.24) is 0 Å². The molecule has 1 unspecified atom stereocenters. The number of ether oxygens (including phenoxy) is 1. The van der Waals surface area contributed by atoms with E-state index in [4.69, 9.17) is 10.5 Å². The fourth-order valence-corrected chi connectivity index (χ4v) is 2.24. The third kappa shape index (κ3) is 1.82. The standard InChI is InChI=1S/C12H16N2O/c1-7-4-8(2)11(9(3)5-7)10-6-14-12(13)15-10/h4-5,10H,6H2,1-3H3,(H2,13,14). The molecule has 1 aromatic rings. The average molecular weight is 204 g/mol. The van der Waals surface area contributed by atoms with Crippen LogP contribution in [-0.2, 0) is 4.74 Å². The highest BCUT2D eigenvalue weighted by Gasteiger charge is 2.23. The third-order valence-corrected chi connectivity index (χ3v) is 2.74. The second kappa shape index (κ2) is 3.57. The summed E-state index contributed by atoms with van der Waals surface area (Å²) in [4.78, 5) is 4.07. The number of nitrogens with zero attached hydrogens (tertiary/aromatic N) is 1. The number of hydrogen-bond acceptors (Lipinski definition) is 3. The molecule has 2 N–H and O–H groups in total. The van der Waals surface area contributed by atoms with Crippen LogP contribution in [0.2, 0.25) is 0 Å². The van der Waals surface area contributed by atoms with Gasteiger partial charge in [0.05, 0.1) is 6.54 Å². The van der Waals surface area contributed by atoms with E-state index < -0.39 is 0 Å². The van der Waals surface area contributed by atoms with Gasteiger partial charge in [-0.05, 0) is 31.9 Å². The second-order valence-corrected chi connectivity index (χ2v) is 4.10. The Kier molecular flexibility index (Phi) is 2.39. The maximum Gasteiger partial charge on any atom is 0.282 e. The molecular weight excluding hydrogens is 188 g/mol. The Morgan fingerprint density at radius 3 is 2.33 bits per heavy atom. The first-order valence-electron chi connectivity index (χ1n) is 5.12. The summed E-state index contributed by atoms with van der Waals surface area (Å²) in [7, 11) is 0. The van der Waals surface area contributed by atoms with Crippen molar-refractivity contribution >= 4 is 6.02 Å². The summed E-state index contributed by atoms with van der Waals surface area (Å²) in [6, 6.07) is 4.64. The Hall–Kier alpha value is -1.51. The van der Waals surface area contributed by atoms with Crippen LogP contribution < -0.4 is 5.73 Å². The van der Waals surface area contributed by atoms with Gasteiger partial charge < -0.3 is 10.5 Å². The first-order valence-corrected chi connectivity index (χ1v) is 5.12. The van der Waals surface area contributed by atoms with Gasteiger partial charge in [-0.2, -0.15) is 0 Å². The largest absolute Gasteiger partial charge is 0.455 e. The minimum absolute atomic E-state index is 0.00519. The quantitative estimate of drug-likeness (QED) is 0.760. The van der Waals surface area contributed by atoms with Gasteiger partial charge in [-0.3, -0.25) is 0 Å². The molecule has 3 nitrogen and oxygen atoms in total. The summed E-state index contributed by atoms with van der Waals surface area (Å²) >= 11 is 0. The van der Waals surface area contributed by atoms with E-state index in [2.05, 4.69) is 37.9 Å². The van der Waals surface area contributed by atoms with E-state index in [0.717, 1.165) is 0 Å². The van der Waals surface area contributed by atoms with Crippen LogP contribution in [0.3, 0.4) is 0 Å². The summed E-state index contributed by atoms with van der Waals surface area (Å²) in [6.45, 7) is 6.95. The lowest BCUT2D eigenvalue weighted by molar-refractivity contribution is 0.224. The summed E-state index contributed by atoms with van der Waals surface area (Å²) in [5, 5.41) is 0. The number of amidine groups is 1. The monoisotopic (exact) mass is 204 g/mol. The number of benzene rings is 1. The Morgan fingerprint density at radius 2 is 1.87 bits per heavy atom. The van der Waals surface area contributed by atoms with Crippen LogP contribution in [0, 0.1) is 20.8 Å². The van der Waals surface area contributed by atoms with Crippen LogP contribution in [0.4, 0.5) is 0 Å². The lowest BCUT2D eigenvalue weighted by Crippen LogP contribution is -2.14. The molecule has 0 radical (unpaired) electrons. The molecule has 1 aromatic carbocycles. The molecule has 15 heavy (non-hydrogen) atoms. The van der Waals surface area contributed by atoms with Crippen molar-refractivity contribution in [2.45, 2.75) is 26.9 Å².